The highest BCUT2D eigenvalue weighted by atomic mass is 16.6. The van der Waals surface area contributed by atoms with Crippen molar-refractivity contribution in [2.45, 2.75) is 111 Å². The molecule has 0 rings (SSSR count). The molecule has 0 N–H and O–H groups in total. The second-order valence-electron chi connectivity index (χ2n) is 7.18. The summed E-state index contributed by atoms with van der Waals surface area (Å²) in [5.41, 5.74) is 0. The number of hydrogen-bond acceptors (Lipinski definition) is 3. The van der Waals surface area contributed by atoms with Crippen LogP contribution in [-0.4, -0.2) is 20.3 Å². The molecule has 0 heterocycles. The van der Waals surface area contributed by atoms with Crippen LogP contribution in [-0.2, 0) is 9.31 Å². The lowest BCUT2D eigenvalue weighted by atomic mass is 9.76. The fraction of sp³-hybridized carbons (Fsp3) is 0.952. The molecule has 0 saturated heterocycles. The molecule has 25 heavy (non-hydrogen) atoms. The normalized spacial score (nSPS) is 12.1. The smallest absolute Gasteiger partial charge is 0.411 e. The van der Waals surface area contributed by atoms with Gasteiger partial charge in [-0.2, -0.15) is 5.26 Å². The van der Waals surface area contributed by atoms with Crippen molar-refractivity contribution in [3.63, 3.8) is 0 Å². The summed E-state index contributed by atoms with van der Waals surface area (Å²) in [7, 11) is -0.198. The van der Waals surface area contributed by atoms with Gasteiger partial charge in [0.25, 0.3) is 0 Å². The predicted octanol–water partition coefficient (Wildman–Crippen LogP) is 6.78. The van der Waals surface area contributed by atoms with Gasteiger partial charge in [0.2, 0.25) is 0 Å². The third-order valence-electron chi connectivity index (χ3n) is 4.76. The Kier molecular flexibility index (Phi) is 19.4. The predicted molar refractivity (Wildman–Crippen MR) is 109 cm³/mol. The van der Waals surface area contributed by atoms with Gasteiger partial charge in [0, 0.05) is 19.1 Å². The van der Waals surface area contributed by atoms with Gasteiger partial charge in [-0.3, -0.25) is 0 Å². The molecule has 0 spiro atoms. The molecule has 0 aromatic rings. The summed E-state index contributed by atoms with van der Waals surface area (Å²) in [5, 5.41) is 9.20. The summed E-state index contributed by atoms with van der Waals surface area (Å²) in [5.74, 6) is 0.0408. The van der Waals surface area contributed by atoms with Crippen LogP contribution in [0.15, 0.2) is 0 Å². The Hall–Kier alpha value is -0.525. The minimum absolute atomic E-state index is 0.0408. The molecule has 0 aliphatic carbocycles. The second kappa shape index (κ2) is 19.8. The molecule has 1 atom stereocenters. The number of unbranched alkanes of at least 4 members (excludes halogenated alkanes) is 10. The zero-order valence-electron chi connectivity index (χ0n) is 17.2. The third-order valence-corrected chi connectivity index (χ3v) is 4.76. The molecule has 3 nitrogen and oxygen atoms in total. The van der Waals surface area contributed by atoms with E-state index in [1.54, 1.807) is 0 Å². The molecule has 0 aliphatic heterocycles. The summed E-state index contributed by atoms with van der Waals surface area (Å²) >= 11 is 0. The van der Waals surface area contributed by atoms with Gasteiger partial charge in [-0.15, -0.1) is 0 Å². The highest BCUT2D eigenvalue weighted by Crippen LogP contribution is 2.14. The Labute approximate surface area is 158 Å². The average Bonchev–Trinajstić information content (AvgIpc) is 2.63. The molecule has 0 aliphatic rings. The Morgan fingerprint density at radius 1 is 0.720 bits per heavy atom. The van der Waals surface area contributed by atoms with E-state index in [1.165, 1.54) is 64.2 Å². The summed E-state index contributed by atoms with van der Waals surface area (Å²) in [6.07, 6.45) is 16.8. The molecule has 0 aromatic heterocycles. The van der Waals surface area contributed by atoms with Crippen molar-refractivity contribution >= 4 is 7.12 Å². The van der Waals surface area contributed by atoms with Crippen molar-refractivity contribution < 1.29 is 9.31 Å². The van der Waals surface area contributed by atoms with E-state index >= 15 is 0 Å². The molecule has 1 unspecified atom stereocenters. The zero-order valence-corrected chi connectivity index (χ0v) is 17.2. The van der Waals surface area contributed by atoms with Crippen LogP contribution in [0.5, 0.6) is 0 Å². The summed E-state index contributed by atoms with van der Waals surface area (Å²) in [6.45, 7) is 8.07. The zero-order chi connectivity index (χ0) is 18.6. The van der Waals surface area contributed by atoms with Gasteiger partial charge in [-0.1, -0.05) is 85.0 Å². The molecule has 0 saturated carbocycles. The van der Waals surface area contributed by atoms with Crippen LogP contribution >= 0.6 is 0 Å². The highest BCUT2D eigenvalue weighted by molar-refractivity contribution is 6.44. The maximum atomic E-state index is 9.20. The lowest BCUT2D eigenvalue weighted by Crippen LogP contribution is -2.26. The van der Waals surface area contributed by atoms with Gasteiger partial charge in [0.05, 0.1) is 6.07 Å². The first-order valence-electron chi connectivity index (χ1n) is 10.9. The molecule has 146 valence electrons. The fourth-order valence-corrected chi connectivity index (χ4v) is 2.92. The van der Waals surface area contributed by atoms with Crippen molar-refractivity contribution in [2.75, 3.05) is 13.2 Å². The monoisotopic (exact) mass is 351 g/mol. The second-order valence-corrected chi connectivity index (χ2v) is 7.18. The number of nitrogens with zero attached hydrogens (tertiary/aromatic N) is 1. The van der Waals surface area contributed by atoms with E-state index in [0.29, 0.717) is 6.32 Å². The first-order valence-corrected chi connectivity index (χ1v) is 10.9. The summed E-state index contributed by atoms with van der Waals surface area (Å²) < 4.78 is 11.9. The van der Waals surface area contributed by atoms with Gasteiger partial charge in [-0.05, 0) is 25.6 Å². The highest BCUT2D eigenvalue weighted by Gasteiger charge is 2.22. The van der Waals surface area contributed by atoms with Crippen LogP contribution < -0.4 is 0 Å². The van der Waals surface area contributed by atoms with Crippen molar-refractivity contribution in [2.24, 2.45) is 5.92 Å². The van der Waals surface area contributed by atoms with E-state index in [4.69, 9.17) is 9.31 Å². The van der Waals surface area contributed by atoms with Gasteiger partial charge in [0.15, 0.2) is 0 Å². The van der Waals surface area contributed by atoms with E-state index in [9.17, 15) is 5.26 Å². The molecule has 0 fully saturated rings. The van der Waals surface area contributed by atoms with Crippen molar-refractivity contribution in [1.82, 2.24) is 0 Å². The molecule has 0 amide bonds. The van der Waals surface area contributed by atoms with E-state index in [2.05, 4.69) is 26.8 Å². The first kappa shape index (κ1) is 24.5. The SMILES string of the molecule is CCCCCCCCOB(CC(C#N)CC)OCCCCCCCC. The van der Waals surface area contributed by atoms with Crippen LogP contribution in [0.3, 0.4) is 0 Å². The van der Waals surface area contributed by atoms with E-state index in [1.807, 2.05) is 0 Å². The number of rotatable bonds is 19. The molecule has 4 heteroatoms. The van der Waals surface area contributed by atoms with Crippen molar-refractivity contribution in [3.8, 4) is 6.07 Å². The van der Waals surface area contributed by atoms with Gasteiger partial charge >= 0.3 is 7.12 Å². The Bertz CT molecular complexity index is 289. The minimum atomic E-state index is -0.198. The van der Waals surface area contributed by atoms with E-state index in [-0.39, 0.29) is 13.0 Å². The van der Waals surface area contributed by atoms with Crippen molar-refractivity contribution in [3.05, 3.63) is 0 Å². The van der Waals surface area contributed by atoms with Gasteiger partial charge < -0.3 is 9.31 Å². The van der Waals surface area contributed by atoms with Crippen LogP contribution in [0.25, 0.3) is 0 Å². The van der Waals surface area contributed by atoms with Crippen LogP contribution in [0, 0.1) is 17.2 Å². The standard InChI is InChI=1S/C21H42BNO2/c1-4-7-9-11-13-15-17-24-22(19-21(6-3)20-23)25-18-16-14-12-10-8-5-2/h21H,4-19H2,1-3H3. The van der Waals surface area contributed by atoms with Crippen LogP contribution in [0.4, 0.5) is 0 Å². The van der Waals surface area contributed by atoms with E-state index in [0.717, 1.165) is 32.5 Å². The average molecular weight is 351 g/mol. The lowest BCUT2D eigenvalue weighted by Gasteiger charge is -2.17. The number of nitriles is 1. The molecular weight excluding hydrogens is 309 g/mol. The molecule has 0 bridgehead atoms. The lowest BCUT2D eigenvalue weighted by molar-refractivity contribution is 0.186. The Morgan fingerprint density at radius 2 is 1.16 bits per heavy atom. The molecule has 0 aromatic carbocycles. The maximum Gasteiger partial charge on any atom is 0.458 e. The van der Waals surface area contributed by atoms with E-state index < -0.39 is 0 Å². The van der Waals surface area contributed by atoms with Gasteiger partial charge in [0.1, 0.15) is 0 Å². The van der Waals surface area contributed by atoms with Crippen LogP contribution in [0.1, 0.15) is 104 Å². The van der Waals surface area contributed by atoms with Gasteiger partial charge in [-0.25, -0.2) is 0 Å². The van der Waals surface area contributed by atoms with Crippen LogP contribution in [0.2, 0.25) is 6.32 Å². The number of hydrogen-bond donors (Lipinski definition) is 0. The first-order chi connectivity index (χ1) is 12.3. The molecular formula is C21H42BNO2. The fourth-order valence-electron chi connectivity index (χ4n) is 2.92. The minimum Gasteiger partial charge on any atom is -0.411 e. The summed E-state index contributed by atoms with van der Waals surface area (Å²) in [6, 6.07) is 2.37. The summed E-state index contributed by atoms with van der Waals surface area (Å²) in [4.78, 5) is 0. The largest absolute Gasteiger partial charge is 0.458 e. The maximum absolute atomic E-state index is 9.20. The molecule has 0 radical (unpaired) electrons. The van der Waals surface area contributed by atoms with Crippen molar-refractivity contribution in [1.29, 1.82) is 5.26 Å². The Balaban J connectivity index is 3.89. The third kappa shape index (κ3) is 16.7. The quantitative estimate of drug-likeness (QED) is 0.190. The topological polar surface area (TPSA) is 42.2 Å². The Morgan fingerprint density at radius 3 is 1.56 bits per heavy atom.